The fourth-order valence-corrected chi connectivity index (χ4v) is 1.66. The zero-order valence-electron chi connectivity index (χ0n) is 8.88. The van der Waals surface area contributed by atoms with Gasteiger partial charge < -0.3 is 15.8 Å². The lowest BCUT2D eigenvalue weighted by molar-refractivity contribution is 0.142. The van der Waals surface area contributed by atoms with Crippen molar-refractivity contribution >= 4 is 0 Å². The van der Waals surface area contributed by atoms with Crippen LogP contribution in [-0.2, 0) is 6.42 Å². The number of nitrogens with one attached hydrogen (secondary N) is 1. The lowest BCUT2D eigenvalue weighted by atomic mass is 10.0. The lowest BCUT2D eigenvalue weighted by Crippen LogP contribution is -2.30. The van der Waals surface area contributed by atoms with Gasteiger partial charge in [-0.2, -0.15) is 0 Å². The number of hydrogen-bond acceptors (Lipinski definition) is 3. The molecule has 2 rings (SSSR count). The van der Waals surface area contributed by atoms with E-state index in [0.717, 1.165) is 5.56 Å². The standard InChI is InChI=1S/C12H15N3O/c13-10(6-9-4-2-1-3-5-9)12(16)11-7-14-8-15-11/h1-5,7-8,10,12,16H,6,13H2,(H,14,15)/t10-,12?/m0/s1. The average molecular weight is 217 g/mol. The quantitative estimate of drug-likeness (QED) is 0.715. The third kappa shape index (κ3) is 2.48. The summed E-state index contributed by atoms with van der Waals surface area (Å²) in [5.74, 6) is 0. The van der Waals surface area contributed by atoms with Crippen LogP contribution in [0.2, 0.25) is 0 Å². The second kappa shape index (κ2) is 4.92. The van der Waals surface area contributed by atoms with Crippen molar-refractivity contribution in [1.29, 1.82) is 0 Å². The van der Waals surface area contributed by atoms with E-state index in [4.69, 9.17) is 5.73 Å². The van der Waals surface area contributed by atoms with Gasteiger partial charge >= 0.3 is 0 Å². The summed E-state index contributed by atoms with van der Waals surface area (Å²) in [6.45, 7) is 0. The molecular formula is C12H15N3O. The number of aromatic amines is 1. The van der Waals surface area contributed by atoms with Crippen LogP contribution in [0.4, 0.5) is 0 Å². The van der Waals surface area contributed by atoms with E-state index in [-0.39, 0.29) is 6.04 Å². The maximum atomic E-state index is 9.94. The molecule has 0 aliphatic heterocycles. The molecule has 1 unspecified atom stereocenters. The van der Waals surface area contributed by atoms with Gasteiger partial charge in [-0.25, -0.2) is 4.98 Å². The van der Waals surface area contributed by atoms with Crippen LogP contribution < -0.4 is 5.73 Å². The first-order chi connectivity index (χ1) is 7.77. The fourth-order valence-electron chi connectivity index (χ4n) is 1.66. The predicted molar refractivity (Wildman–Crippen MR) is 61.7 cm³/mol. The Hall–Kier alpha value is -1.65. The molecule has 0 fully saturated rings. The topological polar surface area (TPSA) is 74.9 Å². The summed E-state index contributed by atoms with van der Waals surface area (Å²) >= 11 is 0. The van der Waals surface area contributed by atoms with Gasteiger partial charge in [-0.3, -0.25) is 0 Å². The Balaban J connectivity index is 2.01. The molecule has 1 heterocycles. The Bertz CT molecular complexity index is 413. The van der Waals surface area contributed by atoms with Gasteiger partial charge in [-0.15, -0.1) is 0 Å². The second-order valence-corrected chi connectivity index (χ2v) is 3.81. The molecule has 0 saturated carbocycles. The highest BCUT2D eigenvalue weighted by Gasteiger charge is 2.18. The molecule has 4 nitrogen and oxygen atoms in total. The molecule has 4 N–H and O–H groups in total. The molecule has 2 atom stereocenters. The first-order valence-corrected chi connectivity index (χ1v) is 5.23. The van der Waals surface area contributed by atoms with Crippen molar-refractivity contribution in [2.24, 2.45) is 5.73 Å². The number of rotatable bonds is 4. The SMILES string of the molecule is N[C@@H](Cc1ccccc1)C(O)c1cnc[nH]1. The minimum atomic E-state index is -0.706. The van der Waals surface area contributed by atoms with Crippen molar-refractivity contribution < 1.29 is 5.11 Å². The Kier molecular flexibility index (Phi) is 3.34. The molecule has 0 bridgehead atoms. The van der Waals surface area contributed by atoms with Crippen LogP contribution in [0.1, 0.15) is 17.4 Å². The Morgan fingerprint density at radius 1 is 1.31 bits per heavy atom. The van der Waals surface area contributed by atoms with E-state index in [1.165, 1.54) is 6.33 Å². The third-order valence-corrected chi connectivity index (χ3v) is 2.56. The first kappa shape index (κ1) is 10.9. The molecule has 1 aromatic heterocycles. The van der Waals surface area contributed by atoms with Crippen LogP contribution in [0, 0.1) is 0 Å². The van der Waals surface area contributed by atoms with Crippen LogP contribution in [0.3, 0.4) is 0 Å². The summed E-state index contributed by atoms with van der Waals surface area (Å²) in [6, 6.07) is 9.55. The molecule has 0 amide bonds. The van der Waals surface area contributed by atoms with E-state index >= 15 is 0 Å². The molecule has 16 heavy (non-hydrogen) atoms. The zero-order chi connectivity index (χ0) is 11.4. The Morgan fingerprint density at radius 3 is 2.69 bits per heavy atom. The lowest BCUT2D eigenvalue weighted by Gasteiger charge is -2.17. The number of aliphatic hydroxyl groups excluding tert-OH is 1. The summed E-state index contributed by atoms with van der Waals surface area (Å²) in [7, 11) is 0. The minimum Gasteiger partial charge on any atom is -0.385 e. The average Bonchev–Trinajstić information content (AvgIpc) is 2.83. The van der Waals surface area contributed by atoms with Gasteiger partial charge in [0.1, 0.15) is 6.10 Å². The number of nitrogens with zero attached hydrogens (tertiary/aromatic N) is 1. The normalized spacial score (nSPS) is 14.6. The number of nitrogens with two attached hydrogens (primary N) is 1. The van der Waals surface area contributed by atoms with E-state index in [9.17, 15) is 5.11 Å². The minimum absolute atomic E-state index is 0.331. The molecule has 84 valence electrons. The predicted octanol–water partition coefficient (Wildman–Crippen LogP) is 1.01. The third-order valence-electron chi connectivity index (χ3n) is 2.56. The first-order valence-electron chi connectivity index (χ1n) is 5.23. The second-order valence-electron chi connectivity index (χ2n) is 3.81. The van der Waals surface area contributed by atoms with Crippen LogP contribution in [0.25, 0.3) is 0 Å². The number of aliphatic hydroxyl groups is 1. The van der Waals surface area contributed by atoms with Gasteiger partial charge in [0, 0.05) is 6.04 Å². The van der Waals surface area contributed by atoms with Crippen molar-refractivity contribution in [2.75, 3.05) is 0 Å². The largest absolute Gasteiger partial charge is 0.385 e. The maximum Gasteiger partial charge on any atom is 0.111 e. The highest BCUT2D eigenvalue weighted by Crippen LogP contribution is 2.15. The maximum absolute atomic E-state index is 9.94. The van der Waals surface area contributed by atoms with Gasteiger partial charge in [0.25, 0.3) is 0 Å². The highest BCUT2D eigenvalue weighted by molar-refractivity contribution is 5.17. The van der Waals surface area contributed by atoms with Crippen molar-refractivity contribution in [3.05, 3.63) is 54.1 Å². The molecular weight excluding hydrogens is 202 g/mol. The van der Waals surface area contributed by atoms with Gasteiger partial charge in [0.2, 0.25) is 0 Å². The summed E-state index contributed by atoms with van der Waals surface area (Å²) in [5, 5.41) is 9.94. The van der Waals surface area contributed by atoms with Crippen LogP contribution in [0.15, 0.2) is 42.9 Å². The molecule has 0 radical (unpaired) electrons. The molecule has 0 aliphatic rings. The molecule has 4 heteroatoms. The van der Waals surface area contributed by atoms with Crippen molar-refractivity contribution in [2.45, 2.75) is 18.6 Å². The number of imidazole rings is 1. The van der Waals surface area contributed by atoms with E-state index in [2.05, 4.69) is 9.97 Å². The van der Waals surface area contributed by atoms with Crippen LogP contribution in [0.5, 0.6) is 0 Å². The van der Waals surface area contributed by atoms with Gasteiger partial charge in [0.05, 0.1) is 18.2 Å². The van der Waals surface area contributed by atoms with Crippen molar-refractivity contribution in [3.8, 4) is 0 Å². The molecule has 2 aromatic rings. The summed E-state index contributed by atoms with van der Waals surface area (Å²) < 4.78 is 0. The Morgan fingerprint density at radius 2 is 2.06 bits per heavy atom. The highest BCUT2D eigenvalue weighted by atomic mass is 16.3. The molecule has 0 saturated heterocycles. The Labute approximate surface area is 94.1 Å². The number of H-pyrrole nitrogens is 1. The number of hydrogen-bond donors (Lipinski definition) is 3. The molecule has 1 aromatic carbocycles. The molecule has 0 spiro atoms. The van der Waals surface area contributed by atoms with E-state index in [0.29, 0.717) is 12.1 Å². The van der Waals surface area contributed by atoms with Crippen molar-refractivity contribution in [1.82, 2.24) is 9.97 Å². The van der Waals surface area contributed by atoms with Crippen LogP contribution in [-0.4, -0.2) is 21.1 Å². The fraction of sp³-hybridized carbons (Fsp3) is 0.250. The van der Waals surface area contributed by atoms with Gasteiger partial charge in [0.15, 0.2) is 0 Å². The van der Waals surface area contributed by atoms with Gasteiger partial charge in [-0.05, 0) is 12.0 Å². The van der Waals surface area contributed by atoms with E-state index in [1.54, 1.807) is 6.20 Å². The van der Waals surface area contributed by atoms with Crippen molar-refractivity contribution in [3.63, 3.8) is 0 Å². The van der Waals surface area contributed by atoms with E-state index < -0.39 is 6.10 Å². The smallest absolute Gasteiger partial charge is 0.111 e. The molecule has 0 aliphatic carbocycles. The van der Waals surface area contributed by atoms with Gasteiger partial charge in [-0.1, -0.05) is 30.3 Å². The monoisotopic (exact) mass is 217 g/mol. The van der Waals surface area contributed by atoms with Crippen LogP contribution >= 0.6 is 0 Å². The zero-order valence-corrected chi connectivity index (χ0v) is 8.88. The number of benzene rings is 1. The van der Waals surface area contributed by atoms with E-state index in [1.807, 2.05) is 30.3 Å². The summed E-state index contributed by atoms with van der Waals surface area (Å²) in [5.41, 5.74) is 7.72. The summed E-state index contributed by atoms with van der Waals surface area (Å²) in [4.78, 5) is 6.72. The number of aromatic nitrogens is 2. The summed E-state index contributed by atoms with van der Waals surface area (Å²) in [6.07, 6.45) is 3.06.